The molecule has 6 nitrogen and oxygen atoms in total. The zero-order valence-electron chi connectivity index (χ0n) is 8.85. The van der Waals surface area contributed by atoms with Crippen molar-refractivity contribution in [1.29, 1.82) is 0 Å². The number of carboxylic acid groups (broad SMARTS) is 1. The normalized spacial score (nSPS) is 11.2. The van der Waals surface area contributed by atoms with Gasteiger partial charge in [-0.25, -0.2) is 18.7 Å². The number of hydrogen-bond acceptors (Lipinski definition) is 3. The number of carboxylic acids is 1. The van der Waals surface area contributed by atoms with Crippen LogP contribution in [0.1, 0.15) is 10.5 Å². The van der Waals surface area contributed by atoms with Gasteiger partial charge in [0.15, 0.2) is 5.65 Å². The summed E-state index contributed by atoms with van der Waals surface area (Å²) in [6.07, 6.45) is 0. The fraction of sp³-hybridized carbons (Fsp3) is 0. The van der Waals surface area contributed by atoms with Crippen molar-refractivity contribution < 1.29 is 14.3 Å². The Morgan fingerprint density at radius 2 is 2.17 bits per heavy atom. The molecule has 0 saturated carbocycles. The minimum absolute atomic E-state index is 0.0892. The zero-order chi connectivity index (χ0) is 12.9. The van der Waals surface area contributed by atoms with Crippen molar-refractivity contribution in [2.75, 3.05) is 0 Å². The van der Waals surface area contributed by atoms with Gasteiger partial charge in [-0.15, -0.1) is 0 Å². The monoisotopic (exact) mass is 247 g/mol. The third-order valence-electron chi connectivity index (χ3n) is 2.59. The van der Waals surface area contributed by atoms with E-state index in [1.54, 1.807) is 0 Å². The molecule has 18 heavy (non-hydrogen) atoms. The predicted octanol–water partition coefficient (Wildman–Crippen LogP) is 1.01. The molecule has 2 heterocycles. The number of aromatic amines is 1. The van der Waals surface area contributed by atoms with Crippen molar-refractivity contribution >= 4 is 22.5 Å². The van der Waals surface area contributed by atoms with Crippen LogP contribution in [0, 0.1) is 5.82 Å². The van der Waals surface area contributed by atoms with Crippen LogP contribution in [0.25, 0.3) is 16.6 Å². The Morgan fingerprint density at radius 1 is 1.39 bits per heavy atom. The van der Waals surface area contributed by atoms with Crippen LogP contribution in [0.3, 0.4) is 0 Å². The average Bonchev–Trinajstić information content (AvgIpc) is 2.75. The molecule has 0 atom stereocenters. The topological polar surface area (TPSA) is 87.5 Å². The number of hydrogen-bond donors (Lipinski definition) is 2. The summed E-state index contributed by atoms with van der Waals surface area (Å²) in [5.74, 6) is -1.75. The number of carbonyl (C=O) groups is 1. The second-order valence-electron chi connectivity index (χ2n) is 3.75. The molecule has 2 N–H and O–H groups in total. The van der Waals surface area contributed by atoms with E-state index >= 15 is 0 Å². The van der Waals surface area contributed by atoms with Gasteiger partial charge in [-0.2, -0.15) is 0 Å². The van der Waals surface area contributed by atoms with Gasteiger partial charge in [0.25, 0.3) is 5.56 Å². The maximum atomic E-state index is 13.1. The average molecular weight is 247 g/mol. The lowest BCUT2D eigenvalue weighted by molar-refractivity contribution is 0.0690. The maximum Gasteiger partial charge on any atom is 0.353 e. The largest absolute Gasteiger partial charge is 0.477 e. The van der Waals surface area contributed by atoms with Gasteiger partial charge in [0.05, 0.1) is 10.9 Å². The predicted molar refractivity (Wildman–Crippen MR) is 60.2 cm³/mol. The fourth-order valence-corrected chi connectivity index (χ4v) is 1.77. The van der Waals surface area contributed by atoms with E-state index in [4.69, 9.17) is 5.11 Å². The van der Waals surface area contributed by atoms with E-state index in [2.05, 4.69) is 10.1 Å². The summed E-state index contributed by atoms with van der Waals surface area (Å²) in [6.45, 7) is 0. The summed E-state index contributed by atoms with van der Waals surface area (Å²) in [5.41, 5.74) is -0.203. The highest BCUT2D eigenvalue weighted by atomic mass is 19.1. The van der Waals surface area contributed by atoms with Gasteiger partial charge >= 0.3 is 5.97 Å². The lowest BCUT2D eigenvalue weighted by Crippen LogP contribution is -2.16. The highest BCUT2D eigenvalue weighted by Gasteiger charge is 2.12. The van der Waals surface area contributed by atoms with E-state index in [9.17, 15) is 14.0 Å². The van der Waals surface area contributed by atoms with Crippen molar-refractivity contribution in [2.24, 2.45) is 0 Å². The second kappa shape index (κ2) is 3.39. The minimum Gasteiger partial charge on any atom is -0.477 e. The first-order valence-electron chi connectivity index (χ1n) is 5.00. The number of rotatable bonds is 1. The number of nitrogens with zero attached hydrogens (tertiary/aromatic N) is 2. The van der Waals surface area contributed by atoms with Crippen LogP contribution in [0.15, 0.2) is 29.1 Å². The molecule has 3 rings (SSSR count). The van der Waals surface area contributed by atoms with E-state index in [1.807, 2.05) is 0 Å². The lowest BCUT2D eigenvalue weighted by Gasteiger charge is -1.98. The van der Waals surface area contributed by atoms with Crippen LogP contribution in [-0.2, 0) is 0 Å². The Bertz CT molecular complexity index is 850. The Balaban J connectivity index is 2.49. The number of fused-ring (bicyclic) bond motifs is 2. The molecule has 0 bridgehead atoms. The first kappa shape index (κ1) is 10.5. The van der Waals surface area contributed by atoms with Crippen molar-refractivity contribution in [1.82, 2.24) is 14.6 Å². The summed E-state index contributed by atoms with van der Waals surface area (Å²) in [6, 6.07) is 4.88. The Labute approximate surface area is 98.3 Å². The van der Waals surface area contributed by atoms with Crippen LogP contribution >= 0.6 is 0 Å². The number of aromatic carboxylic acids is 1. The summed E-state index contributed by atoms with van der Waals surface area (Å²) < 4.78 is 14.0. The summed E-state index contributed by atoms with van der Waals surface area (Å²) in [5, 5.41) is 11.3. The Kier molecular flexibility index (Phi) is 1.97. The van der Waals surface area contributed by atoms with Crippen molar-refractivity contribution in [3.8, 4) is 0 Å². The van der Waals surface area contributed by atoms with Gasteiger partial charge in [0.2, 0.25) is 0 Å². The Hall–Kier alpha value is -2.70. The van der Waals surface area contributed by atoms with Gasteiger partial charge in [0.1, 0.15) is 11.5 Å². The van der Waals surface area contributed by atoms with Crippen LogP contribution in [-0.4, -0.2) is 25.7 Å². The summed E-state index contributed by atoms with van der Waals surface area (Å²) >= 11 is 0. The maximum absolute atomic E-state index is 13.1. The van der Waals surface area contributed by atoms with Gasteiger partial charge in [-0.3, -0.25) is 9.89 Å². The van der Waals surface area contributed by atoms with Gasteiger partial charge in [-0.05, 0) is 18.2 Å². The van der Waals surface area contributed by atoms with Crippen molar-refractivity contribution in [3.63, 3.8) is 0 Å². The van der Waals surface area contributed by atoms with Crippen LogP contribution in [0.2, 0.25) is 0 Å². The van der Waals surface area contributed by atoms with Crippen molar-refractivity contribution in [3.05, 3.63) is 46.1 Å². The summed E-state index contributed by atoms with van der Waals surface area (Å²) in [4.78, 5) is 26.9. The highest BCUT2D eigenvalue weighted by molar-refractivity contribution is 5.87. The molecule has 0 amide bonds. The zero-order valence-corrected chi connectivity index (χ0v) is 8.85. The lowest BCUT2D eigenvalue weighted by atomic mass is 10.2. The smallest absolute Gasteiger partial charge is 0.353 e. The SMILES string of the molecule is O=C(O)c1cc2nc3ccc(F)cc3c(=O)n2[nH]1. The van der Waals surface area contributed by atoms with E-state index in [-0.39, 0.29) is 16.7 Å². The fourth-order valence-electron chi connectivity index (χ4n) is 1.77. The molecule has 0 aliphatic carbocycles. The minimum atomic E-state index is -1.20. The molecule has 0 aliphatic rings. The van der Waals surface area contributed by atoms with Gasteiger partial charge in [0, 0.05) is 6.07 Å². The quantitative estimate of drug-likeness (QED) is 0.671. The molecule has 3 aromatic rings. The van der Waals surface area contributed by atoms with Crippen LogP contribution in [0.4, 0.5) is 4.39 Å². The number of halogens is 1. The number of H-pyrrole nitrogens is 1. The molecular weight excluding hydrogens is 241 g/mol. The molecular formula is C11H6FN3O3. The van der Waals surface area contributed by atoms with Gasteiger partial charge in [-0.1, -0.05) is 0 Å². The molecule has 2 aromatic heterocycles. The molecule has 0 fully saturated rings. The van der Waals surface area contributed by atoms with Gasteiger partial charge < -0.3 is 5.11 Å². The Morgan fingerprint density at radius 3 is 2.89 bits per heavy atom. The molecule has 90 valence electrons. The van der Waals surface area contributed by atoms with Crippen LogP contribution < -0.4 is 5.56 Å². The number of aromatic nitrogens is 3. The molecule has 1 aromatic carbocycles. The van der Waals surface area contributed by atoms with Crippen LogP contribution in [0.5, 0.6) is 0 Å². The third kappa shape index (κ3) is 1.37. The highest BCUT2D eigenvalue weighted by Crippen LogP contribution is 2.11. The van der Waals surface area contributed by atoms with E-state index in [1.165, 1.54) is 18.2 Å². The molecule has 0 aliphatic heterocycles. The first-order valence-corrected chi connectivity index (χ1v) is 5.00. The molecule has 0 unspecified atom stereocenters. The molecule has 0 radical (unpaired) electrons. The van der Waals surface area contributed by atoms with E-state index < -0.39 is 17.3 Å². The number of benzene rings is 1. The second-order valence-corrected chi connectivity index (χ2v) is 3.75. The first-order chi connectivity index (χ1) is 8.56. The molecule has 0 saturated heterocycles. The van der Waals surface area contributed by atoms with E-state index in [0.717, 1.165) is 10.6 Å². The molecule has 7 heteroatoms. The standard InChI is InChI=1S/C11H6FN3O3/c12-5-1-2-7-6(3-5)10(16)15-9(13-7)4-8(14-15)11(17)18/h1-4,14H,(H,17,18). The van der Waals surface area contributed by atoms with Crippen molar-refractivity contribution in [2.45, 2.75) is 0 Å². The summed E-state index contributed by atoms with van der Waals surface area (Å²) in [7, 11) is 0. The van der Waals surface area contributed by atoms with E-state index in [0.29, 0.717) is 5.52 Å². The third-order valence-corrected chi connectivity index (χ3v) is 2.59. The molecule has 0 spiro atoms. The number of nitrogens with one attached hydrogen (secondary N) is 1.